The van der Waals surface area contributed by atoms with Crippen LogP contribution in [0.15, 0.2) is 36.4 Å². The smallest absolute Gasteiger partial charge is 0.265 e. The van der Waals surface area contributed by atoms with Gasteiger partial charge in [0.05, 0.1) is 24.2 Å². The van der Waals surface area contributed by atoms with E-state index in [0.717, 1.165) is 11.0 Å². The molecule has 1 heterocycles. The van der Waals surface area contributed by atoms with Gasteiger partial charge in [0, 0.05) is 5.56 Å². The van der Waals surface area contributed by atoms with Crippen molar-refractivity contribution in [3.63, 3.8) is 0 Å². The first-order valence-corrected chi connectivity index (χ1v) is 6.88. The summed E-state index contributed by atoms with van der Waals surface area (Å²) in [7, 11) is 1.51. The first-order valence-electron chi connectivity index (χ1n) is 6.50. The van der Waals surface area contributed by atoms with Gasteiger partial charge in [-0.1, -0.05) is 11.6 Å². The lowest BCUT2D eigenvalue weighted by Gasteiger charge is -2.27. The fourth-order valence-corrected chi connectivity index (χ4v) is 2.59. The predicted molar refractivity (Wildman–Crippen MR) is 79.9 cm³/mol. The fourth-order valence-electron chi connectivity index (χ4n) is 2.41. The minimum atomic E-state index is -0.604. The summed E-state index contributed by atoms with van der Waals surface area (Å²) in [6.07, 6.45) is 0.0628. The monoisotopic (exact) mass is 319 g/mol. The number of rotatable bonds is 2. The van der Waals surface area contributed by atoms with E-state index < -0.39 is 17.6 Å². The summed E-state index contributed by atoms with van der Waals surface area (Å²) in [4.78, 5) is 25.9. The average Bonchev–Trinajstić information content (AvgIpc) is 2.50. The fraction of sp³-hybridized carbons (Fsp3) is 0.125. The predicted octanol–water partition coefficient (Wildman–Crippen LogP) is 3.22. The van der Waals surface area contributed by atoms with Crippen LogP contribution in [-0.4, -0.2) is 18.9 Å². The van der Waals surface area contributed by atoms with Gasteiger partial charge in [-0.15, -0.1) is 0 Å². The van der Waals surface area contributed by atoms with Crippen molar-refractivity contribution in [3.05, 3.63) is 58.4 Å². The summed E-state index contributed by atoms with van der Waals surface area (Å²) in [5.41, 5.74) is 1.28. The number of carbonyl (C=O) groups is 2. The van der Waals surface area contributed by atoms with Gasteiger partial charge in [-0.2, -0.15) is 0 Å². The Kier molecular flexibility index (Phi) is 3.58. The van der Waals surface area contributed by atoms with E-state index in [1.54, 1.807) is 18.2 Å². The number of hydrogen-bond donors (Lipinski definition) is 0. The lowest BCUT2D eigenvalue weighted by molar-refractivity contribution is -0.117. The largest absolute Gasteiger partial charge is 0.497 e. The Morgan fingerprint density at radius 2 is 1.95 bits per heavy atom. The molecule has 2 aromatic carbocycles. The summed E-state index contributed by atoms with van der Waals surface area (Å²) < 4.78 is 18.3. The Morgan fingerprint density at radius 1 is 1.18 bits per heavy atom. The molecule has 0 saturated carbocycles. The molecule has 6 heteroatoms. The highest BCUT2D eigenvalue weighted by atomic mass is 35.5. The molecule has 2 aromatic rings. The number of amides is 2. The minimum absolute atomic E-state index is 0.0628. The maximum atomic E-state index is 13.2. The summed E-state index contributed by atoms with van der Waals surface area (Å²) in [5, 5.41) is -0.140. The van der Waals surface area contributed by atoms with Gasteiger partial charge in [-0.3, -0.25) is 9.59 Å². The lowest BCUT2D eigenvalue weighted by atomic mass is 9.97. The van der Waals surface area contributed by atoms with Crippen LogP contribution < -0.4 is 9.64 Å². The first kappa shape index (κ1) is 14.5. The van der Waals surface area contributed by atoms with Crippen molar-refractivity contribution in [1.29, 1.82) is 0 Å². The van der Waals surface area contributed by atoms with Crippen molar-refractivity contribution in [2.75, 3.05) is 12.0 Å². The third kappa shape index (κ3) is 2.33. The zero-order valence-corrected chi connectivity index (χ0v) is 12.4. The molecule has 3 rings (SSSR count). The molecule has 0 N–H and O–H groups in total. The number of ether oxygens (including phenoxy) is 1. The molecule has 0 aliphatic carbocycles. The molecule has 1 aliphatic heterocycles. The number of halogens is 2. The number of methoxy groups -OCH3 is 1. The molecule has 112 valence electrons. The SMILES string of the molecule is COc1ccc2c(c1)CC(=O)N(c1ccc(F)c(Cl)c1)C2=O. The quantitative estimate of drug-likeness (QED) is 0.798. The van der Waals surface area contributed by atoms with Gasteiger partial charge in [0.25, 0.3) is 5.91 Å². The maximum absolute atomic E-state index is 13.2. The van der Waals surface area contributed by atoms with Crippen molar-refractivity contribution in [3.8, 4) is 5.75 Å². The van der Waals surface area contributed by atoms with Gasteiger partial charge in [0.2, 0.25) is 5.91 Å². The molecule has 1 aliphatic rings. The minimum Gasteiger partial charge on any atom is -0.497 e. The number of carbonyl (C=O) groups excluding carboxylic acids is 2. The molecule has 0 atom stereocenters. The standard InChI is InChI=1S/C16H11ClFNO3/c1-22-11-3-4-12-9(6-11)7-15(20)19(16(12)21)10-2-5-14(18)13(17)8-10/h2-6,8H,7H2,1H3. The Balaban J connectivity index is 2.05. The van der Waals surface area contributed by atoms with Crippen LogP contribution in [0.2, 0.25) is 5.02 Å². The van der Waals surface area contributed by atoms with E-state index in [9.17, 15) is 14.0 Å². The number of benzene rings is 2. The second kappa shape index (κ2) is 5.42. The Bertz CT molecular complexity index is 791. The van der Waals surface area contributed by atoms with Gasteiger partial charge in [0.15, 0.2) is 0 Å². The first-order chi connectivity index (χ1) is 10.5. The number of nitrogens with zero attached hydrogens (tertiary/aromatic N) is 1. The van der Waals surface area contributed by atoms with Crippen LogP contribution in [0.5, 0.6) is 5.75 Å². The normalized spacial score (nSPS) is 14.0. The van der Waals surface area contributed by atoms with Gasteiger partial charge < -0.3 is 4.74 Å². The maximum Gasteiger partial charge on any atom is 0.265 e. The highest BCUT2D eigenvalue weighted by molar-refractivity contribution is 6.31. The Morgan fingerprint density at radius 3 is 2.64 bits per heavy atom. The van der Waals surface area contributed by atoms with Crippen molar-refractivity contribution < 1.29 is 18.7 Å². The molecule has 0 saturated heterocycles. The topological polar surface area (TPSA) is 46.6 Å². The van der Waals surface area contributed by atoms with E-state index in [-0.39, 0.29) is 17.1 Å². The van der Waals surface area contributed by atoms with E-state index in [0.29, 0.717) is 16.9 Å². The summed E-state index contributed by atoms with van der Waals surface area (Å²) in [6, 6.07) is 8.68. The molecule has 0 bridgehead atoms. The van der Waals surface area contributed by atoms with E-state index >= 15 is 0 Å². The molecule has 0 unspecified atom stereocenters. The molecule has 4 nitrogen and oxygen atoms in total. The van der Waals surface area contributed by atoms with Crippen molar-refractivity contribution in [1.82, 2.24) is 0 Å². The second-order valence-electron chi connectivity index (χ2n) is 4.83. The molecule has 0 fully saturated rings. The highest BCUT2D eigenvalue weighted by Crippen LogP contribution is 2.30. The molecule has 0 radical (unpaired) electrons. The average molecular weight is 320 g/mol. The number of anilines is 1. The van der Waals surface area contributed by atoms with Crippen molar-refractivity contribution >= 4 is 29.1 Å². The van der Waals surface area contributed by atoms with E-state index in [1.165, 1.54) is 19.2 Å². The van der Waals surface area contributed by atoms with Crippen LogP contribution in [0.25, 0.3) is 0 Å². The molecular weight excluding hydrogens is 309 g/mol. The summed E-state index contributed by atoms with van der Waals surface area (Å²) in [5.74, 6) is -0.880. The van der Waals surface area contributed by atoms with Gasteiger partial charge in [0.1, 0.15) is 11.6 Å². The molecular formula is C16H11ClFNO3. The Labute approximate surface area is 131 Å². The van der Waals surface area contributed by atoms with Crippen LogP contribution in [0.4, 0.5) is 10.1 Å². The van der Waals surface area contributed by atoms with Gasteiger partial charge in [-0.05, 0) is 42.0 Å². The van der Waals surface area contributed by atoms with Crippen molar-refractivity contribution in [2.45, 2.75) is 6.42 Å². The molecule has 0 spiro atoms. The van der Waals surface area contributed by atoms with Crippen molar-refractivity contribution in [2.24, 2.45) is 0 Å². The molecule has 2 amide bonds. The van der Waals surface area contributed by atoms with E-state index in [4.69, 9.17) is 16.3 Å². The molecule has 0 aromatic heterocycles. The Hall–Kier alpha value is -2.40. The lowest BCUT2D eigenvalue weighted by Crippen LogP contribution is -2.42. The number of imide groups is 1. The van der Waals surface area contributed by atoms with Gasteiger partial charge >= 0.3 is 0 Å². The van der Waals surface area contributed by atoms with Crippen LogP contribution in [0.3, 0.4) is 0 Å². The van der Waals surface area contributed by atoms with E-state index in [1.807, 2.05) is 0 Å². The summed E-state index contributed by atoms with van der Waals surface area (Å²) >= 11 is 5.73. The molecule has 22 heavy (non-hydrogen) atoms. The van der Waals surface area contributed by atoms with E-state index in [2.05, 4.69) is 0 Å². The van der Waals surface area contributed by atoms with Crippen LogP contribution >= 0.6 is 11.6 Å². The highest BCUT2D eigenvalue weighted by Gasteiger charge is 2.32. The number of fused-ring (bicyclic) bond motifs is 1. The summed E-state index contributed by atoms with van der Waals surface area (Å²) in [6.45, 7) is 0. The third-order valence-electron chi connectivity index (χ3n) is 3.50. The van der Waals surface area contributed by atoms with Crippen LogP contribution in [0.1, 0.15) is 15.9 Å². The zero-order chi connectivity index (χ0) is 15.9. The van der Waals surface area contributed by atoms with Gasteiger partial charge in [-0.25, -0.2) is 9.29 Å². The van der Waals surface area contributed by atoms with Crippen LogP contribution in [0, 0.1) is 5.82 Å². The second-order valence-corrected chi connectivity index (χ2v) is 5.24. The number of hydrogen-bond acceptors (Lipinski definition) is 3. The third-order valence-corrected chi connectivity index (χ3v) is 3.79. The van der Waals surface area contributed by atoms with Crippen LogP contribution in [-0.2, 0) is 11.2 Å². The zero-order valence-electron chi connectivity index (χ0n) is 11.6.